The lowest BCUT2D eigenvalue weighted by atomic mass is 10.1. The van der Waals surface area contributed by atoms with Gasteiger partial charge in [0.05, 0.1) is 42.2 Å². The van der Waals surface area contributed by atoms with Crippen LogP contribution in [-0.4, -0.2) is 37.5 Å². The van der Waals surface area contributed by atoms with Crippen LogP contribution >= 0.6 is 0 Å². The van der Waals surface area contributed by atoms with Gasteiger partial charge in [-0.2, -0.15) is 10.2 Å². The van der Waals surface area contributed by atoms with Gasteiger partial charge in [0.1, 0.15) is 18.1 Å². The zero-order valence-corrected chi connectivity index (χ0v) is 19.1. The number of carbonyl (C=O) groups excluding carboxylic acids is 1. The summed E-state index contributed by atoms with van der Waals surface area (Å²) in [6.45, 7) is 4.70. The minimum atomic E-state index is -0.486. The molecular weight excluding hydrogens is 436 g/mol. The van der Waals surface area contributed by atoms with E-state index in [-0.39, 0.29) is 11.6 Å². The van der Waals surface area contributed by atoms with Crippen molar-refractivity contribution >= 4 is 17.3 Å². The van der Waals surface area contributed by atoms with E-state index in [0.29, 0.717) is 24.3 Å². The van der Waals surface area contributed by atoms with Crippen LogP contribution in [0.15, 0.2) is 60.9 Å². The van der Waals surface area contributed by atoms with Crippen LogP contribution < -0.4 is 10.1 Å². The summed E-state index contributed by atoms with van der Waals surface area (Å²) in [6, 6.07) is 14.8. The van der Waals surface area contributed by atoms with Gasteiger partial charge in [0.2, 0.25) is 0 Å². The van der Waals surface area contributed by atoms with Gasteiger partial charge in [-0.15, -0.1) is 0 Å². The number of amides is 1. The van der Waals surface area contributed by atoms with Crippen molar-refractivity contribution in [1.82, 2.24) is 19.6 Å². The second-order valence-corrected chi connectivity index (χ2v) is 7.86. The molecule has 0 saturated heterocycles. The topological polar surface area (TPSA) is 117 Å². The van der Waals surface area contributed by atoms with Crippen molar-refractivity contribution in [1.29, 1.82) is 0 Å². The molecule has 10 nitrogen and oxygen atoms in total. The van der Waals surface area contributed by atoms with Crippen LogP contribution in [0.2, 0.25) is 0 Å². The molecule has 0 aliphatic heterocycles. The van der Waals surface area contributed by atoms with Gasteiger partial charge in [-0.25, -0.2) is 0 Å². The average Bonchev–Trinajstić information content (AvgIpc) is 3.40. The van der Waals surface area contributed by atoms with E-state index >= 15 is 0 Å². The Labute approximate surface area is 195 Å². The maximum Gasteiger partial charge on any atom is 0.307 e. The zero-order chi connectivity index (χ0) is 24.2. The van der Waals surface area contributed by atoms with Crippen LogP contribution in [0.5, 0.6) is 5.75 Å². The van der Waals surface area contributed by atoms with E-state index in [0.717, 1.165) is 28.3 Å². The van der Waals surface area contributed by atoms with Gasteiger partial charge < -0.3 is 10.1 Å². The second-order valence-electron chi connectivity index (χ2n) is 7.86. The first kappa shape index (κ1) is 22.7. The quantitative estimate of drug-likeness (QED) is 0.314. The van der Waals surface area contributed by atoms with Crippen LogP contribution in [0.4, 0.5) is 11.4 Å². The van der Waals surface area contributed by atoms with Gasteiger partial charge in [-0.05, 0) is 49.2 Å². The number of ether oxygens (including phenoxy) is 1. The number of benzene rings is 2. The normalized spacial score (nSPS) is 10.8. The number of hydrogen-bond donors (Lipinski definition) is 1. The van der Waals surface area contributed by atoms with Crippen LogP contribution in [-0.2, 0) is 13.1 Å². The molecule has 0 atom stereocenters. The van der Waals surface area contributed by atoms with Crippen molar-refractivity contribution in [2.45, 2.75) is 26.9 Å². The molecule has 2 aromatic heterocycles. The maximum atomic E-state index is 12.9. The summed E-state index contributed by atoms with van der Waals surface area (Å²) in [7, 11) is 1.63. The van der Waals surface area contributed by atoms with Crippen molar-refractivity contribution in [3.8, 4) is 5.75 Å². The fourth-order valence-electron chi connectivity index (χ4n) is 3.64. The van der Waals surface area contributed by atoms with Crippen molar-refractivity contribution in [3.63, 3.8) is 0 Å². The molecule has 34 heavy (non-hydrogen) atoms. The third-order valence-corrected chi connectivity index (χ3v) is 5.48. The van der Waals surface area contributed by atoms with Gasteiger partial charge >= 0.3 is 5.69 Å². The molecule has 2 heterocycles. The molecule has 4 aromatic rings. The van der Waals surface area contributed by atoms with Crippen molar-refractivity contribution < 1.29 is 14.5 Å². The fraction of sp³-hybridized carbons (Fsp3) is 0.208. The molecule has 0 unspecified atom stereocenters. The van der Waals surface area contributed by atoms with E-state index in [1.807, 2.05) is 42.8 Å². The minimum Gasteiger partial charge on any atom is -0.497 e. The van der Waals surface area contributed by atoms with E-state index in [9.17, 15) is 14.9 Å². The van der Waals surface area contributed by atoms with Gasteiger partial charge in [-0.1, -0.05) is 24.3 Å². The number of anilines is 1. The van der Waals surface area contributed by atoms with Crippen LogP contribution in [0.3, 0.4) is 0 Å². The summed E-state index contributed by atoms with van der Waals surface area (Å²) in [6.07, 6.45) is 2.58. The molecule has 0 saturated carbocycles. The van der Waals surface area contributed by atoms with E-state index in [4.69, 9.17) is 4.74 Å². The first-order valence-corrected chi connectivity index (χ1v) is 10.6. The number of hydrogen-bond acceptors (Lipinski definition) is 6. The Morgan fingerprint density at radius 1 is 1.12 bits per heavy atom. The Bertz CT molecular complexity index is 1340. The lowest BCUT2D eigenvalue weighted by Crippen LogP contribution is -2.13. The summed E-state index contributed by atoms with van der Waals surface area (Å²) in [5.74, 6) is 0.537. The molecular formula is C24H24N6O4. The van der Waals surface area contributed by atoms with Gasteiger partial charge in [0.25, 0.3) is 5.91 Å². The number of carbonyl (C=O) groups is 1. The first-order chi connectivity index (χ1) is 16.3. The van der Waals surface area contributed by atoms with Crippen molar-refractivity contribution in [2.24, 2.45) is 0 Å². The number of nitro groups is 1. The van der Waals surface area contributed by atoms with E-state index in [1.165, 1.54) is 17.1 Å². The Kier molecular flexibility index (Phi) is 6.39. The largest absolute Gasteiger partial charge is 0.497 e. The number of aromatic nitrogens is 4. The molecule has 1 N–H and O–H groups in total. The second kappa shape index (κ2) is 9.57. The number of nitrogens with zero attached hydrogens (tertiary/aromatic N) is 5. The van der Waals surface area contributed by atoms with Crippen LogP contribution in [0.1, 0.15) is 32.9 Å². The van der Waals surface area contributed by atoms with E-state index < -0.39 is 4.92 Å². The predicted molar refractivity (Wildman–Crippen MR) is 126 cm³/mol. The standard InChI is InChI=1S/C24H24N6O4/c1-16-23(17(2)29(27-16)14-19-5-4-6-22(11-19)34-3)26-24(31)20-9-7-18(8-10-20)13-28-15-21(12-25-28)30(32)33/h4-12,15H,13-14H2,1-3H3,(H,26,31). The zero-order valence-electron chi connectivity index (χ0n) is 19.1. The summed E-state index contributed by atoms with van der Waals surface area (Å²) in [5.41, 5.74) is 4.61. The maximum absolute atomic E-state index is 12.9. The Hall–Kier alpha value is -4.47. The highest BCUT2D eigenvalue weighted by molar-refractivity contribution is 6.04. The lowest BCUT2D eigenvalue weighted by Gasteiger charge is -2.09. The summed E-state index contributed by atoms with van der Waals surface area (Å²) in [5, 5.41) is 22.3. The van der Waals surface area contributed by atoms with Crippen LogP contribution in [0.25, 0.3) is 0 Å². The first-order valence-electron chi connectivity index (χ1n) is 10.6. The molecule has 0 aliphatic carbocycles. The molecule has 0 radical (unpaired) electrons. The summed E-state index contributed by atoms with van der Waals surface area (Å²) >= 11 is 0. The highest BCUT2D eigenvalue weighted by atomic mass is 16.6. The highest BCUT2D eigenvalue weighted by Gasteiger charge is 2.16. The fourth-order valence-corrected chi connectivity index (χ4v) is 3.64. The molecule has 174 valence electrons. The number of nitrogens with one attached hydrogen (secondary N) is 1. The number of aryl methyl sites for hydroxylation is 1. The molecule has 4 rings (SSSR count). The molecule has 0 aliphatic rings. The SMILES string of the molecule is COc1cccc(Cn2nc(C)c(NC(=O)c3ccc(Cn4cc([N+](=O)[O-])cn4)cc3)c2C)c1. The molecule has 2 aromatic carbocycles. The Balaban J connectivity index is 1.44. The Morgan fingerprint density at radius 2 is 1.88 bits per heavy atom. The van der Waals surface area contributed by atoms with Crippen LogP contribution in [0, 0.1) is 24.0 Å². The molecule has 0 fully saturated rings. The van der Waals surface area contributed by atoms with E-state index in [1.54, 1.807) is 31.4 Å². The lowest BCUT2D eigenvalue weighted by molar-refractivity contribution is -0.385. The third kappa shape index (κ3) is 4.96. The third-order valence-electron chi connectivity index (χ3n) is 5.48. The monoisotopic (exact) mass is 460 g/mol. The van der Waals surface area contributed by atoms with Crippen molar-refractivity contribution in [3.05, 3.63) is 99.1 Å². The number of methoxy groups -OCH3 is 1. The van der Waals surface area contributed by atoms with Crippen molar-refractivity contribution in [2.75, 3.05) is 12.4 Å². The Morgan fingerprint density at radius 3 is 2.56 bits per heavy atom. The van der Waals surface area contributed by atoms with Gasteiger partial charge in [0, 0.05) is 5.56 Å². The number of rotatable bonds is 8. The molecule has 10 heteroatoms. The molecule has 0 bridgehead atoms. The van der Waals surface area contributed by atoms with Gasteiger partial charge in [0.15, 0.2) is 0 Å². The average molecular weight is 460 g/mol. The predicted octanol–water partition coefficient (Wildman–Crippen LogP) is 3.96. The minimum absolute atomic E-state index is 0.0614. The molecule has 0 spiro atoms. The van der Waals surface area contributed by atoms with Gasteiger partial charge in [-0.3, -0.25) is 24.3 Å². The highest BCUT2D eigenvalue weighted by Crippen LogP contribution is 2.22. The van der Waals surface area contributed by atoms with E-state index in [2.05, 4.69) is 15.5 Å². The summed E-state index contributed by atoms with van der Waals surface area (Å²) < 4.78 is 8.62. The molecule has 1 amide bonds. The smallest absolute Gasteiger partial charge is 0.307 e. The summed E-state index contributed by atoms with van der Waals surface area (Å²) in [4.78, 5) is 23.2.